The van der Waals surface area contributed by atoms with Crippen LogP contribution in [-0.2, 0) is 4.79 Å². The molecule has 0 aromatic carbocycles. The normalized spacial score (nSPS) is 15.7. The van der Waals surface area contributed by atoms with E-state index in [9.17, 15) is 9.59 Å². The Kier molecular flexibility index (Phi) is 10.5. The molecule has 0 atom stereocenters. The van der Waals surface area contributed by atoms with Gasteiger partial charge in [-0.1, -0.05) is 6.92 Å². The fourth-order valence-corrected chi connectivity index (χ4v) is 2.68. The van der Waals surface area contributed by atoms with E-state index in [0.29, 0.717) is 25.7 Å². The molecule has 7 heteroatoms. The lowest BCUT2D eigenvalue weighted by molar-refractivity contribution is -0.122. The van der Waals surface area contributed by atoms with Crippen molar-refractivity contribution in [3.05, 3.63) is 0 Å². The third-order valence-electron chi connectivity index (χ3n) is 4.69. The first-order valence-corrected chi connectivity index (χ1v) is 9.66. The molecular formula is C18H37N5O2. The number of nitrogens with zero attached hydrogens (tertiary/aromatic N) is 3. The van der Waals surface area contributed by atoms with E-state index < -0.39 is 0 Å². The van der Waals surface area contributed by atoms with Gasteiger partial charge in [0, 0.05) is 45.3 Å². The van der Waals surface area contributed by atoms with E-state index in [-0.39, 0.29) is 11.9 Å². The molecule has 0 radical (unpaired) electrons. The van der Waals surface area contributed by atoms with Gasteiger partial charge in [-0.05, 0) is 46.7 Å². The number of hydrogen-bond acceptors (Lipinski definition) is 4. The van der Waals surface area contributed by atoms with Crippen LogP contribution in [0.5, 0.6) is 0 Å². The van der Waals surface area contributed by atoms with E-state index >= 15 is 0 Å². The molecule has 1 aliphatic rings. The maximum absolute atomic E-state index is 12.2. The van der Waals surface area contributed by atoms with E-state index in [1.54, 1.807) is 0 Å². The van der Waals surface area contributed by atoms with Gasteiger partial charge in [-0.2, -0.15) is 0 Å². The minimum Gasteiger partial charge on any atom is -0.355 e. The minimum atomic E-state index is 0.0206. The highest BCUT2D eigenvalue weighted by atomic mass is 16.2. The van der Waals surface area contributed by atoms with Crippen LogP contribution < -0.4 is 10.6 Å². The third kappa shape index (κ3) is 9.07. The number of hydrogen-bond donors (Lipinski definition) is 2. The lowest BCUT2D eigenvalue weighted by Crippen LogP contribution is -2.53. The molecule has 25 heavy (non-hydrogen) atoms. The Morgan fingerprint density at radius 3 is 2.32 bits per heavy atom. The fourth-order valence-electron chi connectivity index (χ4n) is 2.68. The standard InChI is InChI=1S/C18H37N5O2/c1-5-8-19-17(24)15-22-11-13-23(14-12-22)18(25)20-9-6-7-10-21(4)16(2)3/h16H,5-15H2,1-4H3,(H,19,24)(H,20,25). The summed E-state index contributed by atoms with van der Waals surface area (Å²) in [6.45, 7) is 12.2. The number of urea groups is 1. The smallest absolute Gasteiger partial charge is 0.317 e. The molecule has 0 aromatic rings. The summed E-state index contributed by atoms with van der Waals surface area (Å²) in [7, 11) is 2.13. The average molecular weight is 356 g/mol. The van der Waals surface area contributed by atoms with Crippen LogP contribution in [0, 0.1) is 0 Å². The number of unbranched alkanes of at least 4 members (excludes halogenated alkanes) is 1. The van der Waals surface area contributed by atoms with E-state index in [1.165, 1.54) is 0 Å². The summed E-state index contributed by atoms with van der Waals surface area (Å²) in [5.74, 6) is 0.0751. The number of amides is 3. The summed E-state index contributed by atoms with van der Waals surface area (Å²) >= 11 is 0. The van der Waals surface area contributed by atoms with Gasteiger partial charge < -0.3 is 20.4 Å². The Hall–Kier alpha value is -1.34. The van der Waals surface area contributed by atoms with Crippen LogP contribution in [0.15, 0.2) is 0 Å². The zero-order valence-corrected chi connectivity index (χ0v) is 16.5. The van der Waals surface area contributed by atoms with Gasteiger partial charge in [0.25, 0.3) is 0 Å². The fraction of sp³-hybridized carbons (Fsp3) is 0.889. The quantitative estimate of drug-likeness (QED) is 0.573. The van der Waals surface area contributed by atoms with Crippen LogP contribution in [-0.4, -0.2) is 92.1 Å². The molecule has 7 nitrogen and oxygen atoms in total. The summed E-state index contributed by atoms with van der Waals surface area (Å²) < 4.78 is 0. The number of nitrogens with one attached hydrogen (secondary N) is 2. The van der Waals surface area contributed by atoms with Crippen molar-refractivity contribution in [2.24, 2.45) is 0 Å². The highest BCUT2D eigenvalue weighted by Crippen LogP contribution is 2.02. The van der Waals surface area contributed by atoms with Gasteiger partial charge in [0.2, 0.25) is 5.91 Å². The number of carbonyl (C=O) groups excluding carboxylic acids is 2. The molecule has 1 fully saturated rings. The second-order valence-corrected chi connectivity index (χ2v) is 7.13. The van der Waals surface area contributed by atoms with Crippen LogP contribution >= 0.6 is 0 Å². The summed E-state index contributed by atoms with van der Waals surface area (Å²) in [5, 5.41) is 5.90. The average Bonchev–Trinajstić information content (AvgIpc) is 2.59. The first kappa shape index (κ1) is 21.7. The van der Waals surface area contributed by atoms with E-state index in [1.807, 2.05) is 11.8 Å². The molecule has 1 rings (SSSR count). The van der Waals surface area contributed by atoms with Gasteiger partial charge in [-0.25, -0.2) is 4.79 Å². The zero-order chi connectivity index (χ0) is 18.7. The highest BCUT2D eigenvalue weighted by Gasteiger charge is 2.21. The Labute approximate surface area is 153 Å². The van der Waals surface area contributed by atoms with Crippen LogP contribution in [0.4, 0.5) is 4.79 Å². The largest absolute Gasteiger partial charge is 0.355 e. The number of carbonyl (C=O) groups is 2. The summed E-state index contributed by atoms with van der Waals surface area (Å²) in [4.78, 5) is 30.2. The molecule has 0 spiro atoms. The molecule has 0 bridgehead atoms. The Balaban J connectivity index is 2.11. The van der Waals surface area contributed by atoms with Crippen LogP contribution in [0.2, 0.25) is 0 Å². The highest BCUT2D eigenvalue weighted by molar-refractivity contribution is 5.78. The molecule has 0 aromatic heterocycles. The maximum atomic E-state index is 12.2. The van der Waals surface area contributed by atoms with Gasteiger partial charge in [0.1, 0.15) is 0 Å². The molecule has 0 unspecified atom stereocenters. The summed E-state index contributed by atoms with van der Waals surface area (Å²) in [6.07, 6.45) is 3.05. The second-order valence-electron chi connectivity index (χ2n) is 7.13. The van der Waals surface area contributed by atoms with Crippen molar-refractivity contribution >= 4 is 11.9 Å². The topological polar surface area (TPSA) is 67.9 Å². The molecular weight excluding hydrogens is 318 g/mol. The lowest BCUT2D eigenvalue weighted by atomic mass is 10.2. The van der Waals surface area contributed by atoms with E-state index in [0.717, 1.165) is 52.0 Å². The Morgan fingerprint density at radius 2 is 1.72 bits per heavy atom. The monoisotopic (exact) mass is 355 g/mol. The molecule has 146 valence electrons. The van der Waals surface area contributed by atoms with Crippen LogP contribution in [0.25, 0.3) is 0 Å². The van der Waals surface area contributed by atoms with Crippen molar-refractivity contribution in [1.82, 2.24) is 25.3 Å². The zero-order valence-electron chi connectivity index (χ0n) is 16.5. The minimum absolute atomic E-state index is 0.0206. The molecule has 0 aliphatic carbocycles. The molecule has 1 heterocycles. The van der Waals surface area contributed by atoms with Crippen molar-refractivity contribution in [2.45, 2.75) is 46.1 Å². The summed E-state index contributed by atoms with van der Waals surface area (Å²) in [6, 6.07) is 0.585. The van der Waals surface area contributed by atoms with E-state index in [2.05, 4.69) is 41.3 Å². The number of piperazine rings is 1. The first-order valence-electron chi connectivity index (χ1n) is 9.66. The van der Waals surface area contributed by atoms with Gasteiger partial charge >= 0.3 is 6.03 Å². The summed E-state index contributed by atoms with van der Waals surface area (Å²) in [5.41, 5.74) is 0. The predicted molar refractivity (Wildman–Crippen MR) is 102 cm³/mol. The Bertz CT molecular complexity index is 395. The SMILES string of the molecule is CCCNC(=O)CN1CCN(C(=O)NCCCCN(C)C(C)C)CC1. The van der Waals surface area contributed by atoms with Crippen LogP contribution in [0.3, 0.4) is 0 Å². The van der Waals surface area contributed by atoms with Crippen molar-refractivity contribution in [2.75, 3.05) is 59.4 Å². The second kappa shape index (κ2) is 12.1. The molecule has 0 saturated carbocycles. The Morgan fingerprint density at radius 1 is 1.04 bits per heavy atom. The van der Waals surface area contributed by atoms with E-state index in [4.69, 9.17) is 0 Å². The van der Waals surface area contributed by atoms with Gasteiger partial charge in [-0.3, -0.25) is 9.69 Å². The van der Waals surface area contributed by atoms with Crippen molar-refractivity contribution < 1.29 is 9.59 Å². The first-order chi connectivity index (χ1) is 11.9. The van der Waals surface area contributed by atoms with Gasteiger partial charge in [0.05, 0.1) is 6.54 Å². The maximum Gasteiger partial charge on any atom is 0.317 e. The third-order valence-corrected chi connectivity index (χ3v) is 4.69. The lowest BCUT2D eigenvalue weighted by Gasteiger charge is -2.34. The van der Waals surface area contributed by atoms with Crippen molar-refractivity contribution in [1.29, 1.82) is 0 Å². The van der Waals surface area contributed by atoms with Crippen molar-refractivity contribution in [3.8, 4) is 0 Å². The van der Waals surface area contributed by atoms with Crippen LogP contribution in [0.1, 0.15) is 40.0 Å². The van der Waals surface area contributed by atoms with Gasteiger partial charge in [-0.15, -0.1) is 0 Å². The molecule has 1 aliphatic heterocycles. The molecule has 3 amide bonds. The molecule has 2 N–H and O–H groups in total. The molecule has 1 saturated heterocycles. The number of rotatable bonds is 10. The predicted octanol–water partition coefficient (Wildman–Crippen LogP) is 0.960. The van der Waals surface area contributed by atoms with Gasteiger partial charge in [0.15, 0.2) is 0 Å². The van der Waals surface area contributed by atoms with Crippen molar-refractivity contribution in [3.63, 3.8) is 0 Å².